The third-order valence-electron chi connectivity index (χ3n) is 2.73. The summed E-state index contributed by atoms with van der Waals surface area (Å²) in [5.74, 6) is 0.721. The molecule has 94 valence electrons. The van der Waals surface area contributed by atoms with Crippen molar-refractivity contribution in [2.24, 2.45) is 5.92 Å². The molecule has 0 radical (unpaired) electrons. The van der Waals surface area contributed by atoms with Gasteiger partial charge in [-0.1, -0.05) is 13.8 Å². The zero-order valence-electron chi connectivity index (χ0n) is 10.4. The van der Waals surface area contributed by atoms with Gasteiger partial charge in [0.05, 0.1) is 12.6 Å². The molecule has 2 N–H and O–H groups in total. The Labute approximate surface area is 98.1 Å². The van der Waals surface area contributed by atoms with Gasteiger partial charge in [0, 0.05) is 19.7 Å². The molecule has 1 saturated heterocycles. The fraction of sp³-hybridized carbons (Fsp3) is 0.917. The van der Waals surface area contributed by atoms with Crippen molar-refractivity contribution in [3.05, 3.63) is 0 Å². The quantitative estimate of drug-likeness (QED) is 0.681. The molecule has 0 saturated carbocycles. The number of ether oxygens (including phenoxy) is 1. The fourth-order valence-corrected chi connectivity index (χ4v) is 1.71. The summed E-state index contributed by atoms with van der Waals surface area (Å²) in [5.41, 5.74) is 0. The van der Waals surface area contributed by atoms with Gasteiger partial charge in [-0.3, -0.25) is 4.79 Å². The largest absolute Gasteiger partial charge is 0.377 e. The third-order valence-corrected chi connectivity index (χ3v) is 2.73. The van der Waals surface area contributed by atoms with E-state index in [9.17, 15) is 4.79 Å². The predicted molar refractivity (Wildman–Crippen MR) is 64.3 cm³/mol. The van der Waals surface area contributed by atoms with E-state index in [2.05, 4.69) is 24.5 Å². The van der Waals surface area contributed by atoms with E-state index >= 15 is 0 Å². The van der Waals surface area contributed by atoms with Gasteiger partial charge in [-0.25, -0.2) is 0 Å². The van der Waals surface area contributed by atoms with Crippen LogP contribution in [0.3, 0.4) is 0 Å². The minimum atomic E-state index is 0.0821. The van der Waals surface area contributed by atoms with Crippen LogP contribution in [0.15, 0.2) is 0 Å². The average molecular weight is 228 g/mol. The smallest absolute Gasteiger partial charge is 0.233 e. The van der Waals surface area contributed by atoms with Crippen LogP contribution in [0.1, 0.15) is 33.1 Å². The molecule has 1 aliphatic heterocycles. The summed E-state index contributed by atoms with van der Waals surface area (Å²) in [7, 11) is 0. The van der Waals surface area contributed by atoms with Crippen LogP contribution < -0.4 is 10.6 Å². The topological polar surface area (TPSA) is 50.4 Å². The summed E-state index contributed by atoms with van der Waals surface area (Å²) in [5, 5.41) is 6.03. The van der Waals surface area contributed by atoms with Crippen molar-refractivity contribution in [3.8, 4) is 0 Å². The van der Waals surface area contributed by atoms with E-state index in [1.807, 2.05) is 0 Å². The van der Waals surface area contributed by atoms with E-state index in [1.54, 1.807) is 0 Å². The fourth-order valence-electron chi connectivity index (χ4n) is 1.71. The Balaban J connectivity index is 1.93. The van der Waals surface area contributed by atoms with Crippen molar-refractivity contribution in [1.82, 2.24) is 10.6 Å². The highest BCUT2D eigenvalue weighted by atomic mass is 16.5. The summed E-state index contributed by atoms with van der Waals surface area (Å²) >= 11 is 0. The highest BCUT2D eigenvalue weighted by Gasteiger charge is 2.14. The zero-order valence-corrected chi connectivity index (χ0v) is 10.4. The Hall–Kier alpha value is -0.610. The molecule has 1 unspecified atom stereocenters. The summed E-state index contributed by atoms with van der Waals surface area (Å²) in [4.78, 5) is 11.4. The van der Waals surface area contributed by atoms with Crippen LogP contribution >= 0.6 is 0 Å². The molecule has 1 rings (SSSR count). The van der Waals surface area contributed by atoms with Crippen molar-refractivity contribution >= 4 is 5.91 Å². The SMILES string of the molecule is CC(C)CCNC(=O)CNCC1CCCO1. The predicted octanol–water partition coefficient (Wildman–Crippen LogP) is 0.917. The molecular formula is C12H24N2O2. The molecule has 1 fully saturated rings. The number of rotatable bonds is 7. The lowest BCUT2D eigenvalue weighted by molar-refractivity contribution is -0.120. The monoisotopic (exact) mass is 228 g/mol. The van der Waals surface area contributed by atoms with Crippen molar-refractivity contribution in [1.29, 1.82) is 0 Å². The van der Waals surface area contributed by atoms with Gasteiger partial charge in [0.2, 0.25) is 5.91 Å². The molecule has 1 aliphatic rings. The Morgan fingerprint density at radius 3 is 2.94 bits per heavy atom. The van der Waals surface area contributed by atoms with Gasteiger partial charge in [0.1, 0.15) is 0 Å². The third kappa shape index (κ3) is 6.08. The Bertz CT molecular complexity index is 201. The normalized spacial score (nSPS) is 20.3. The number of amides is 1. The standard InChI is InChI=1S/C12H24N2O2/c1-10(2)5-6-14-12(15)9-13-8-11-4-3-7-16-11/h10-11,13H,3-9H2,1-2H3,(H,14,15). The summed E-state index contributed by atoms with van der Waals surface area (Å²) in [6.45, 7) is 7.14. The Morgan fingerprint density at radius 2 is 2.31 bits per heavy atom. The lowest BCUT2D eigenvalue weighted by Gasteiger charge is -2.11. The number of nitrogens with one attached hydrogen (secondary N) is 2. The first-order chi connectivity index (χ1) is 7.68. The molecule has 1 heterocycles. The highest BCUT2D eigenvalue weighted by molar-refractivity contribution is 5.77. The van der Waals surface area contributed by atoms with Crippen LogP contribution in [0.2, 0.25) is 0 Å². The summed E-state index contributed by atoms with van der Waals surface area (Å²) in [6.07, 6.45) is 3.61. The molecule has 4 nitrogen and oxygen atoms in total. The maximum Gasteiger partial charge on any atom is 0.233 e. The summed E-state index contributed by atoms with van der Waals surface area (Å²) < 4.78 is 5.45. The molecule has 0 aromatic rings. The number of hydrogen-bond acceptors (Lipinski definition) is 3. The van der Waals surface area contributed by atoms with Gasteiger partial charge in [-0.05, 0) is 25.2 Å². The van der Waals surface area contributed by atoms with Crippen molar-refractivity contribution in [2.75, 3.05) is 26.2 Å². The van der Waals surface area contributed by atoms with Gasteiger partial charge in [-0.2, -0.15) is 0 Å². The molecule has 0 bridgehead atoms. The number of carbonyl (C=O) groups is 1. The lowest BCUT2D eigenvalue weighted by atomic mass is 10.1. The minimum absolute atomic E-state index is 0.0821. The number of carbonyl (C=O) groups excluding carboxylic acids is 1. The maximum atomic E-state index is 11.4. The molecule has 0 aromatic heterocycles. The van der Waals surface area contributed by atoms with E-state index in [1.165, 1.54) is 0 Å². The van der Waals surface area contributed by atoms with Crippen LogP contribution in [0.25, 0.3) is 0 Å². The lowest BCUT2D eigenvalue weighted by Crippen LogP contribution is -2.37. The van der Waals surface area contributed by atoms with Gasteiger partial charge in [0.25, 0.3) is 0 Å². The van der Waals surface area contributed by atoms with Crippen LogP contribution in [0.5, 0.6) is 0 Å². The number of hydrogen-bond donors (Lipinski definition) is 2. The molecule has 0 spiro atoms. The zero-order chi connectivity index (χ0) is 11.8. The first-order valence-corrected chi connectivity index (χ1v) is 6.27. The van der Waals surface area contributed by atoms with E-state index in [-0.39, 0.29) is 5.91 Å². The van der Waals surface area contributed by atoms with E-state index in [4.69, 9.17) is 4.74 Å². The average Bonchev–Trinajstić information content (AvgIpc) is 2.70. The highest BCUT2D eigenvalue weighted by Crippen LogP contribution is 2.10. The first-order valence-electron chi connectivity index (χ1n) is 6.27. The van der Waals surface area contributed by atoms with Crippen LogP contribution in [0, 0.1) is 5.92 Å². The molecule has 0 aliphatic carbocycles. The second kappa shape index (κ2) is 7.63. The first kappa shape index (κ1) is 13.5. The minimum Gasteiger partial charge on any atom is -0.377 e. The van der Waals surface area contributed by atoms with E-state index < -0.39 is 0 Å². The molecule has 16 heavy (non-hydrogen) atoms. The summed E-state index contributed by atoms with van der Waals surface area (Å²) in [6, 6.07) is 0. The van der Waals surface area contributed by atoms with Crippen molar-refractivity contribution in [3.63, 3.8) is 0 Å². The maximum absolute atomic E-state index is 11.4. The van der Waals surface area contributed by atoms with Crippen molar-refractivity contribution < 1.29 is 9.53 Å². The van der Waals surface area contributed by atoms with Gasteiger partial charge >= 0.3 is 0 Å². The molecule has 1 atom stereocenters. The van der Waals surface area contributed by atoms with Crippen LogP contribution in [-0.4, -0.2) is 38.3 Å². The van der Waals surface area contributed by atoms with Gasteiger partial charge < -0.3 is 15.4 Å². The Kier molecular flexibility index (Phi) is 6.42. The van der Waals surface area contributed by atoms with Crippen molar-refractivity contribution in [2.45, 2.75) is 39.2 Å². The van der Waals surface area contributed by atoms with Crippen LogP contribution in [0.4, 0.5) is 0 Å². The Morgan fingerprint density at radius 1 is 1.50 bits per heavy atom. The van der Waals surface area contributed by atoms with Gasteiger partial charge in [0.15, 0.2) is 0 Å². The molecular weight excluding hydrogens is 204 g/mol. The second-order valence-electron chi connectivity index (χ2n) is 4.80. The van der Waals surface area contributed by atoms with Gasteiger partial charge in [-0.15, -0.1) is 0 Å². The molecule has 0 aromatic carbocycles. The van der Waals surface area contributed by atoms with E-state index in [0.29, 0.717) is 18.6 Å². The van der Waals surface area contributed by atoms with E-state index in [0.717, 1.165) is 39.0 Å². The molecule has 1 amide bonds. The van der Waals surface area contributed by atoms with Crippen LogP contribution in [-0.2, 0) is 9.53 Å². The molecule has 4 heteroatoms. The second-order valence-corrected chi connectivity index (χ2v) is 4.80.